The molecule has 2 aliphatic heterocycles. The lowest BCUT2D eigenvalue weighted by Gasteiger charge is -2.28. The molecule has 1 aromatic heterocycles. The van der Waals surface area contributed by atoms with Crippen LogP contribution in [0.2, 0.25) is 0 Å². The summed E-state index contributed by atoms with van der Waals surface area (Å²) in [4.78, 5) is 18.4. The highest BCUT2D eigenvalue weighted by Gasteiger charge is 2.34. The van der Waals surface area contributed by atoms with E-state index < -0.39 is 5.97 Å². The van der Waals surface area contributed by atoms with Gasteiger partial charge < -0.3 is 10.0 Å². The molecule has 6 nitrogen and oxygen atoms in total. The fraction of sp³-hybridized carbons (Fsp3) is 0.167. The van der Waals surface area contributed by atoms with Gasteiger partial charge in [0.15, 0.2) is 11.6 Å². The van der Waals surface area contributed by atoms with Crippen LogP contribution in [0.25, 0.3) is 17.0 Å². The highest BCUT2D eigenvalue weighted by atomic mass is 16.4. The molecule has 0 radical (unpaired) electrons. The van der Waals surface area contributed by atoms with Gasteiger partial charge in [-0.25, -0.2) is 14.5 Å². The minimum absolute atomic E-state index is 0.336. The summed E-state index contributed by atoms with van der Waals surface area (Å²) in [5.74, 6) is 0.360. The molecule has 0 aliphatic carbocycles. The van der Waals surface area contributed by atoms with Crippen molar-refractivity contribution in [2.75, 3.05) is 7.05 Å². The summed E-state index contributed by atoms with van der Waals surface area (Å²) < 4.78 is 1.70. The van der Waals surface area contributed by atoms with Crippen molar-refractivity contribution in [1.29, 1.82) is 0 Å². The molecule has 0 bridgehead atoms. The topological polar surface area (TPSA) is 71.2 Å². The smallest absolute Gasteiger partial charge is 0.334 e. The maximum Gasteiger partial charge on any atom is 0.334 e. The number of hydrogen-bond acceptors (Lipinski definition) is 4. The molecule has 0 saturated carbocycles. The van der Waals surface area contributed by atoms with Crippen LogP contribution in [0.1, 0.15) is 18.8 Å². The van der Waals surface area contributed by atoms with E-state index >= 15 is 0 Å². The number of fused-ring (bicyclic) bond motifs is 3. The number of benzene rings is 1. The second kappa shape index (κ2) is 5.19. The normalized spacial score (nSPS) is 19.0. The second-order valence-electron chi connectivity index (χ2n) is 5.90. The van der Waals surface area contributed by atoms with E-state index in [1.807, 2.05) is 67.7 Å². The summed E-state index contributed by atoms with van der Waals surface area (Å²) in [6, 6.07) is 9.30. The molecule has 1 aromatic carbocycles. The largest absolute Gasteiger partial charge is 0.478 e. The number of rotatable bonds is 2. The molecule has 2 aliphatic rings. The molecule has 6 heteroatoms. The van der Waals surface area contributed by atoms with E-state index in [4.69, 9.17) is 0 Å². The Hall–Kier alpha value is -3.15. The highest BCUT2D eigenvalue weighted by Crippen LogP contribution is 2.39. The average molecular weight is 320 g/mol. The van der Waals surface area contributed by atoms with Gasteiger partial charge in [-0.2, -0.15) is 0 Å². The van der Waals surface area contributed by atoms with Crippen LogP contribution < -0.4 is 0 Å². The van der Waals surface area contributed by atoms with E-state index in [0.717, 1.165) is 11.1 Å². The van der Waals surface area contributed by atoms with Crippen molar-refractivity contribution in [2.24, 2.45) is 0 Å². The Morgan fingerprint density at radius 1 is 1.25 bits per heavy atom. The van der Waals surface area contributed by atoms with Crippen molar-refractivity contribution in [3.63, 3.8) is 0 Å². The Labute approximate surface area is 139 Å². The first-order valence-electron chi connectivity index (χ1n) is 7.68. The minimum atomic E-state index is -0.931. The number of aromatic nitrogens is 3. The molecule has 2 aromatic rings. The first-order chi connectivity index (χ1) is 11.6. The summed E-state index contributed by atoms with van der Waals surface area (Å²) in [6.07, 6.45) is 5.56. The van der Waals surface area contributed by atoms with Crippen molar-refractivity contribution in [3.8, 4) is 11.4 Å². The average Bonchev–Trinajstić information content (AvgIpc) is 3.02. The van der Waals surface area contributed by atoms with Crippen molar-refractivity contribution >= 4 is 11.5 Å². The van der Waals surface area contributed by atoms with Gasteiger partial charge in [0.25, 0.3) is 0 Å². The summed E-state index contributed by atoms with van der Waals surface area (Å²) in [7, 11) is 1.90. The van der Waals surface area contributed by atoms with Gasteiger partial charge in [0.1, 0.15) is 0 Å². The number of nitrogens with zero attached hydrogens (tertiary/aromatic N) is 4. The molecule has 24 heavy (non-hydrogen) atoms. The van der Waals surface area contributed by atoms with Gasteiger partial charge >= 0.3 is 5.97 Å². The van der Waals surface area contributed by atoms with Gasteiger partial charge in [-0.1, -0.05) is 30.3 Å². The number of allylic oxidation sites excluding steroid dienone is 3. The molecule has 1 N–H and O–H groups in total. The lowest BCUT2D eigenvalue weighted by atomic mass is 9.90. The number of aliphatic carboxylic acids is 1. The van der Waals surface area contributed by atoms with Crippen molar-refractivity contribution in [3.05, 3.63) is 65.8 Å². The predicted molar refractivity (Wildman–Crippen MR) is 89.7 cm³/mol. The van der Waals surface area contributed by atoms with E-state index in [1.165, 1.54) is 0 Å². The lowest BCUT2D eigenvalue weighted by Crippen LogP contribution is -2.26. The molecular formula is C18H16N4O2. The maximum absolute atomic E-state index is 11.8. The fourth-order valence-corrected chi connectivity index (χ4v) is 3.14. The first kappa shape index (κ1) is 14.4. The molecule has 120 valence electrons. The third kappa shape index (κ3) is 2.07. The third-order valence-corrected chi connectivity index (χ3v) is 4.31. The van der Waals surface area contributed by atoms with Gasteiger partial charge in [0, 0.05) is 36.2 Å². The highest BCUT2D eigenvalue weighted by molar-refractivity contribution is 5.97. The zero-order valence-corrected chi connectivity index (χ0v) is 13.3. The van der Waals surface area contributed by atoms with Crippen LogP contribution >= 0.6 is 0 Å². The maximum atomic E-state index is 11.8. The van der Waals surface area contributed by atoms with Crippen molar-refractivity contribution in [2.45, 2.75) is 13.0 Å². The Kier molecular flexibility index (Phi) is 3.13. The fourth-order valence-electron chi connectivity index (χ4n) is 3.14. The van der Waals surface area contributed by atoms with Crippen molar-refractivity contribution < 1.29 is 9.90 Å². The number of carboxylic acid groups (broad SMARTS) is 1. The van der Waals surface area contributed by atoms with E-state index in [2.05, 4.69) is 10.1 Å². The third-order valence-electron chi connectivity index (χ3n) is 4.31. The zero-order valence-electron chi connectivity index (χ0n) is 13.3. The quantitative estimate of drug-likeness (QED) is 0.921. The molecule has 0 amide bonds. The van der Waals surface area contributed by atoms with Crippen molar-refractivity contribution in [1.82, 2.24) is 19.7 Å². The van der Waals surface area contributed by atoms with Gasteiger partial charge in [-0.3, -0.25) is 0 Å². The number of carbonyl (C=O) groups is 1. The van der Waals surface area contributed by atoms with Crippen LogP contribution in [0.4, 0.5) is 0 Å². The van der Waals surface area contributed by atoms with Gasteiger partial charge in [0.05, 0.1) is 11.6 Å². The Balaban J connectivity index is 1.93. The van der Waals surface area contributed by atoms with Crippen LogP contribution in [0.3, 0.4) is 0 Å². The van der Waals surface area contributed by atoms with Crippen LogP contribution in [-0.4, -0.2) is 37.8 Å². The van der Waals surface area contributed by atoms with Gasteiger partial charge in [-0.05, 0) is 13.0 Å². The van der Waals surface area contributed by atoms with E-state index in [1.54, 1.807) is 4.68 Å². The lowest BCUT2D eigenvalue weighted by molar-refractivity contribution is -0.133. The van der Waals surface area contributed by atoms with Gasteiger partial charge in [0.2, 0.25) is 0 Å². The van der Waals surface area contributed by atoms with Crippen LogP contribution in [-0.2, 0) is 4.79 Å². The number of carboxylic acids is 1. The number of hydrogen-bond donors (Lipinski definition) is 1. The Morgan fingerprint density at radius 2 is 2.00 bits per heavy atom. The Morgan fingerprint density at radius 3 is 2.71 bits per heavy atom. The molecule has 1 unspecified atom stereocenters. The second-order valence-corrected chi connectivity index (χ2v) is 5.90. The first-order valence-corrected chi connectivity index (χ1v) is 7.68. The standard InChI is InChI=1S/C18H16N4O2/c1-11-15(18(23)24)13-8-9-21(2)10-14(13)17-19-16(20-22(11)17)12-6-4-3-5-7-12/h3-11H,1-2H3,(H,23,24). The molecule has 1 atom stereocenters. The summed E-state index contributed by atoms with van der Waals surface area (Å²) >= 11 is 0. The molecule has 3 heterocycles. The minimum Gasteiger partial charge on any atom is -0.478 e. The van der Waals surface area contributed by atoms with Gasteiger partial charge in [-0.15, -0.1) is 5.10 Å². The SMILES string of the molecule is CC1C(C(=O)O)=C2C=CN(C)C=C2c2nc(-c3ccccc3)nn21. The van der Waals surface area contributed by atoms with Crippen LogP contribution in [0, 0.1) is 0 Å². The molecule has 0 saturated heterocycles. The molecular weight excluding hydrogens is 304 g/mol. The molecule has 4 rings (SSSR count). The van der Waals surface area contributed by atoms with Crippen LogP contribution in [0.15, 0.2) is 60.0 Å². The van der Waals surface area contributed by atoms with Crippen LogP contribution in [0.5, 0.6) is 0 Å². The van der Waals surface area contributed by atoms with E-state index in [-0.39, 0.29) is 6.04 Å². The molecule has 0 fully saturated rings. The van der Waals surface area contributed by atoms with E-state index in [0.29, 0.717) is 22.8 Å². The summed E-state index contributed by atoms with van der Waals surface area (Å²) in [5.41, 5.74) is 2.73. The summed E-state index contributed by atoms with van der Waals surface area (Å²) in [5, 5.41) is 14.2. The zero-order chi connectivity index (χ0) is 16.8. The predicted octanol–water partition coefficient (Wildman–Crippen LogP) is 2.70. The summed E-state index contributed by atoms with van der Waals surface area (Å²) in [6.45, 7) is 1.84. The molecule has 0 spiro atoms. The monoisotopic (exact) mass is 320 g/mol. The van der Waals surface area contributed by atoms with E-state index in [9.17, 15) is 9.90 Å². The Bertz CT molecular complexity index is 922.